The van der Waals surface area contributed by atoms with Crippen LogP contribution < -0.4 is 4.90 Å². The van der Waals surface area contributed by atoms with Crippen LogP contribution in [0.2, 0.25) is 0 Å². The standard InChI is InChI=1S/C18H15N3O2/c19-12-14-6-8-16(9-7-14)21-11-10-20(17(22)18(21)23)13-15-4-2-1-3-5-15/h1-9H,10-11,13H2. The number of carbonyl (C=O) groups is 2. The van der Waals surface area contributed by atoms with E-state index >= 15 is 0 Å². The van der Waals surface area contributed by atoms with Crippen LogP contribution in [0.1, 0.15) is 11.1 Å². The van der Waals surface area contributed by atoms with Gasteiger partial charge in [-0.2, -0.15) is 5.26 Å². The lowest BCUT2D eigenvalue weighted by atomic mass is 10.1. The number of piperazine rings is 1. The second-order valence-electron chi connectivity index (χ2n) is 5.33. The molecule has 23 heavy (non-hydrogen) atoms. The van der Waals surface area contributed by atoms with Gasteiger partial charge in [0.05, 0.1) is 11.6 Å². The minimum atomic E-state index is -0.531. The molecule has 0 radical (unpaired) electrons. The number of carbonyl (C=O) groups excluding carboxylic acids is 2. The molecule has 0 spiro atoms. The Kier molecular flexibility index (Phi) is 4.07. The summed E-state index contributed by atoms with van der Waals surface area (Å²) in [6.07, 6.45) is 0. The van der Waals surface area contributed by atoms with E-state index in [2.05, 4.69) is 0 Å². The van der Waals surface area contributed by atoms with Gasteiger partial charge >= 0.3 is 11.8 Å². The van der Waals surface area contributed by atoms with E-state index in [1.165, 1.54) is 4.90 Å². The summed E-state index contributed by atoms with van der Waals surface area (Å²) >= 11 is 0. The molecule has 1 fully saturated rings. The van der Waals surface area contributed by atoms with Crippen molar-refractivity contribution >= 4 is 17.5 Å². The summed E-state index contributed by atoms with van der Waals surface area (Å²) < 4.78 is 0. The maximum atomic E-state index is 12.4. The van der Waals surface area contributed by atoms with Crippen LogP contribution in [-0.4, -0.2) is 29.8 Å². The largest absolute Gasteiger partial charge is 0.328 e. The van der Waals surface area contributed by atoms with Gasteiger partial charge in [0.15, 0.2) is 0 Å². The third-order valence-electron chi connectivity index (χ3n) is 3.83. The van der Waals surface area contributed by atoms with Crippen LogP contribution in [0.25, 0.3) is 0 Å². The Labute approximate surface area is 134 Å². The highest BCUT2D eigenvalue weighted by atomic mass is 16.2. The summed E-state index contributed by atoms with van der Waals surface area (Å²) in [6.45, 7) is 1.37. The van der Waals surface area contributed by atoms with Crippen molar-refractivity contribution in [1.82, 2.24) is 4.90 Å². The summed E-state index contributed by atoms with van der Waals surface area (Å²) in [5, 5.41) is 8.82. The number of amides is 2. The molecule has 1 aliphatic rings. The average molecular weight is 305 g/mol. The van der Waals surface area contributed by atoms with E-state index in [4.69, 9.17) is 5.26 Å². The van der Waals surface area contributed by atoms with Crippen molar-refractivity contribution in [1.29, 1.82) is 5.26 Å². The number of rotatable bonds is 3. The molecule has 2 amide bonds. The van der Waals surface area contributed by atoms with Crippen LogP contribution >= 0.6 is 0 Å². The summed E-state index contributed by atoms with van der Waals surface area (Å²) in [7, 11) is 0. The maximum Gasteiger partial charge on any atom is 0.316 e. The molecule has 2 aromatic rings. The Bertz CT molecular complexity index is 763. The van der Waals surface area contributed by atoms with Crippen LogP contribution in [0, 0.1) is 11.3 Å². The Morgan fingerprint density at radius 2 is 1.61 bits per heavy atom. The van der Waals surface area contributed by atoms with Gasteiger partial charge in [-0.15, -0.1) is 0 Å². The molecule has 5 heteroatoms. The second-order valence-corrected chi connectivity index (χ2v) is 5.33. The van der Waals surface area contributed by atoms with Crippen molar-refractivity contribution in [2.24, 2.45) is 0 Å². The van der Waals surface area contributed by atoms with E-state index in [-0.39, 0.29) is 0 Å². The molecule has 0 N–H and O–H groups in total. The molecule has 3 rings (SSSR count). The van der Waals surface area contributed by atoms with E-state index in [0.29, 0.717) is 30.9 Å². The zero-order chi connectivity index (χ0) is 16.2. The predicted octanol–water partition coefficient (Wildman–Crippen LogP) is 1.93. The van der Waals surface area contributed by atoms with Gasteiger partial charge in [0, 0.05) is 25.3 Å². The predicted molar refractivity (Wildman–Crippen MR) is 85.4 cm³/mol. The zero-order valence-corrected chi connectivity index (χ0v) is 12.5. The van der Waals surface area contributed by atoms with Gasteiger partial charge in [0.1, 0.15) is 0 Å². The fourth-order valence-corrected chi connectivity index (χ4v) is 2.59. The Hall–Kier alpha value is -3.13. The summed E-state index contributed by atoms with van der Waals surface area (Å²) in [5.74, 6) is -1.03. The van der Waals surface area contributed by atoms with E-state index in [1.54, 1.807) is 29.2 Å². The van der Waals surface area contributed by atoms with Crippen molar-refractivity contribution < 1.29 is 9.59 Å². The zero-order valence-electron chi connectivity index (χ0n) is 12.5. The highest BCUT2D eigenvalue weighted by Crippen LogP contribution is 2.19. The third-order valence-corrected chi connectivity index (χ3v) is 3.83. The average Bonchev–Trinajstić information content (AvgIpc) is 2.60. The van der Waals surface area contributed by atoms with Gasteiger partial charge in [0.2, 0.25) is 0 Å². The monoisotopic (exact) mass is 305 g/mol. The van der Waals surface area contributed by atoms with Crippen LogP contribution in [-0.2, 0) is 16.1 Å². The molecular weight excluding hydrogens is 290 g/mol. The summed E-state index contributed by atoms with van der Waals surface area (Å²) in [6, 6.07) is 18.3. The van der Waals surface area contributed by atoms with Gasteiger partial charge < -0.3 is 9.80 Å². The van der Waals surface area contributed by atoms with Crippen LogP contribution in [0.5, 0.6) is 0 Å². The molecule has 114 valence electrons. The summed E-state index contributed by atoms with van der Waals surface area (Å²) in [5.41, 5.74) is 2.16. The first-order valence-corrected chi connectivity index (χ1v) is 7.34. The fraction of sp³-hybridized carbons (Fsp3) is 0.167. The Morgan fingerprint density at radius 1 is 0.913 bits per heavy atom. The highest BCUT2D eigenvalue weighted by Gasteiger charge is 2.33. The molecule has 1 aliphatic heterocycles. The minimum Gasteiger partial charge on any atom is -0.328 e. The van der Waals surface area contributed by atoms with Gasteiger partial charge in [-0.1, -0.05) is 30.3 Å². The first-order chi connectivity index (χ1) is 11.2. The quantitative estimate of drug-likeness (QED) is 0.814. The molecule has 1 heterocycles. The maximum absolute atomic E-state index is 12.4. The molecule has 1 saturated heterocycles. The fourth-order valence-electron chi connectivity index (χ4n) is 2.59. The van der Waals surface area contributed by atoms with Crippen molar-refractivity contribution in [3.63, 3.8) is 0 Å². The molecular formula is C18H15N3O2. The van der Waals surface area contributed by atoms with E-state index in [0.717, 1.165) is 5.56 Å². The first-order valence-electron chi connectivity index (χ1n) is 7.34. The van der Waals surface area contributed by atoms with Crippen LogP contribution in [0.15, 0.2) is 54.6 Å². The number of benzene rings is 2. The molecule has 0 aromatic heterocycles. The van der Waals surface area contributed by atoms with E-state index < -0.39 is 11.8 Å². The van der Waals surface area contributed by atoms with Crippen molar-refractivity contribution in [3.8, 4) is 6.07 Å². The molecule has 0 bridgehead atoms. The van der Waals surface area contributed by atoms with Crippen molar-refractivity contribution in [3.05, 3.63) is 65.7 Å². The van der Waals surface area contributed by atoms with Gasteiger partial charge in [0.25, 0.3) is 0 Å². The van der Waals surface area contributed by atoms with Gasteiger partial charge in [-0.05, 0) is 29.8 Å². The number of anilines is 1. The molecule has 0 aliphatic carbocycles. The second kappa shape index (κ2) is 6.32. The molecule has 0 unspecified atom stereocenters. The summed E-state index contributed by atoms with van der Waals surface area (Å²) in [4.78, 5) is 27.7. The van der Waals surface area contributed by atoms with Crippen molar-refractivity contribution in [2.75, 3.05) is 18.0 Å². The Morgan fingerprint density at radius 3 is 2.26 bits per heavy atom. The molecule has 5 nitrogen and oxygen atoms in total. The topological polar surface area (TPSA) is 64.4 Å². The lowest BCUT2D eigenvalue weighted by Gasteiger charge is -2.33. The minimum absolute atomic E-state index is 0.437. The van der Waals surface area contributed by atoms with E-state index in [9.17, 15) is 9.59 Å². The van der Waals surface area contributed by atoms with Gasteiger partial charge in [-0.25, -0.2) is 0 Å². The normalized spacial score (nSPS) is 14.7. The number of nitrogens with zero attached hydrogens (tertiary/aromatic N) is 3. The smallest absolute Gasteiger partial charge is 0.316 e. The molecule has 0 saturated carbocycles. The molecule has 0 atom stereocenters. The first kappa shape index (κ1) is 14.8. The molecule has 2 aromatic carbocycles. The highest BCUT2D eigenvalue weighted by molar-refractivity contribution is 6.40. The number of hydrogen-bond donors (Lipinski definition) is 0. The Balaban J connectivity index is 1.73. The third kappa shape index (κ3) is 3.06. The lowest BCUT2D eigenvalue weighted by Crippen LogP contribution is -2.54. The van der Waals surface area contributed by atoms with Crippen LogP contribution in [0.3, 0.4) is 0 Å². The van der Waals surface area contributed by atoms with Gasteiger partial charge in [-0.3, -0.25) is 9.59 Å². The van der Waals surface area contributed by atoms with E-state index in [1.807, 2.05) is 36.4 Å². The van der Waals surface area contributed by atoms with Crippen LogP contribution in [0.4, 0.5) is 5.69 Å². The number of hydrogen-bond acceptors (Lipinski definition) is 3. The SMILES string of the molecule is N#Cc1ccc(N2CCN(Cc3ccccc3)C(=O)C2=O)cc1. The van der Waals surface area contributed by atoms with Crippen molar-refractivity contribution in [2.45, 2.75) is 6.54 Å². The lowest BCUT2D eigenvalue weighted by molar-refractivity contribution is -0.146. The number of nitriles is 1.